The molecule has 2 rings (SSSR count). The second-order valence-electron chi connectivity index (χ2n) is 5.10. The van der Waals surface area contributed by atoms with Gasteiger partial charge in [0.25, 0.3) is 0 Å². The number of rotatable bonds is 6. The number of amides is 1. The van der Waals surface area contributed by atoms with Gasteiger partial charge in [-0.25, -0.2) is 0 Å². The van der Waals surface area contributed by atoms with E-state index in [9.17, 15) is 4.79 Å². The highest BCUT2D eigenvalue weighted by molar-refractivity contribution is 5.92. The predicted molar refractivity (Wildman–Crippen MR) is 85.0 cm³/mol. The molecule has 0 radical (unpaired) electrons. The predicted octanol–water partition coefficient (Wildman–Crippen LogP) is 2.20. The summed E-state index contributed by atoms with van der Waals surface area (Å²) in [6.07, 6.45) is 2.33. The van der Waals surface area contributed by atoms with Crippen molar-refractivity contribution >= 4 is 24.0 Å². The van der Waals surface area contributed by atoms with E-state index >= 15 is 0 Å². The lowest BCUT2D eigenvalue weighted by Crippen LogP contribution is -2.26. The van der Waals surface area contributed by atoms with Crippen LogP contribution < -0.4 is 15.8 Å². The molecule has 1 aromatic rings. The van der Waals surface area contributed by atoms with Gasteiger partial charge in [0.05, 0.1) is 6.10 Å². The average Bonchev–Trinajstić information content (AvgIpc) is 2.98. The maximum absolute atomic E-state index is 11.8. The van der Waals surface area contributed by atoms with Gasteiger partial charge >= 0.3 is 0 Å². The molecule has 1 fully saturated rings. The zero-order valence-corrected chi connectivity index (χ0v) is 13.0. The van der Waals surface area contributed by atoms with Crippen LogP contribution in [0.5, 0.6) is 5.75 Å². The number of ether oxygens (including phenoxy) is 2. The van der Waals surface area contributed by atoms with Gasteiger partial charge in [0.2, 0.25) is 5.91 Å². The smallest absolute Gasteiger partial charge is 0.228 e. The lowest BCUT2D eigenvalue weighted by molar-refractivity contribution is -0.119. The van der Waals surface area contributed by atoms with Gasteiger partial charge < -0.3 is 20.5 Å². The van der Waals surface area contributed by atoms with Crippen molar-refractivity contribution in [3.63, 3.8) is 0 Å². The molecule has 0 aliphatic carbocycles. The molecular weight excluding hydrogens is 292 g/mol. The summed E-state index contributed by atoms with van der Waals surface area (Å²) >= 11 is 0. The third kappa shape index (κ3) is 5.53. The van der Waals surface area contributed by atoms with E-state index in [1.54, 1.807) is 6.92 Å². The van der Waals surface area contributed by atoms with E-state index in [0.29, 0.717) is 13.2 Å². The second-order valence-corrected chi connectivity index (χ2v) is 5.10. The van der Waals surface area contributed by atoms with Crippen LogP contribution in [0, 0.1) is 5.92 Å². The van der Waals surface area contributed by atoms with E-state index in [4.69, 9.17) is 15.2 Å². The molecule has 1 aliphatic heterocycles. The summed E-state index contributed by atoms with van der Waals surface area (Å²) in [4.78, 5) is 11.8. The molecular formula is C15H23ClN2O3. The van der Waals surface area contributed by atoms with Crippen molar-refractivity contribution in [2.75, 3.05) is 25.1 Å². The van der Waals surface area contributed by atoms with Crippen molar-refractivity contribution in [2.45, 2.75) is 25.9 Å². The summed E-state index contributed by atoms with van der Waals surface area (Å²) in [5.74, 6) is 0.453. The minimum Gasteiger partial charge on any atom is -0.491 e. The van der Waals surface area contributed by atoms with Crippen molar-refractivity contribution in [1.82, 2.24) is 0 Å². The van der Waals surface area contributed by atoms with Gasteiger partial charge in [0.1, 0.15) is 12.4 Å². The summed E-state index contributed by atoms with van der Waals surface area (Å²) in [5, 5.41) is 2.83. The van der Waals surface area contributed by atoms with Crippen LogP contribution in [0.1, 0.15) is 19.8 Å². The number of hydrogen-bond acceptors (Lipinski definition) is 4. The number of benzene rings is 1. The molecule has 0 spiro atoms. The highest BCUT2D eigenvalue weighted by Crippen LogP contribution is 2.20. The minimum atomic E-state index is -0.202. The molecule has 0 bridgehead atoms. The molecule has 1 aromatic carbocycles. The highest BCUT2D eigenvalue weighted by atomic mass is 35.5. The highest BCUT2D eigenvalue weighted by Gasteiger charge is 2.16. The second kappa shape index (κ2) is 8.87. The zero-order chi connectivity index (χ0) is 14.4. The summed E-state index contributed by atoms with van der Waals surface area (Å²) in [7, 11) is 0. The number of nitrogens with two attached hydrogens (primary N) is 1. The Labute approximate surface area is 131 Å². The van der Waals surface area contributed by atoms with Gasteiger partial charge in [0.15, 0.2) is 0 Å². The van der Waals surface area contributed by atoms with Gasteiger partial charge in [-0.2, -0.15) is 0 Å². The number of carbonyl (C=O) groups is 1. The van der Waals surface area contributed by atoms with E-state index in [1.807, 2.05) is 24.3 Å². The van der Waals surface area contributed by atoms with Crippen molar-refractivity contribution in [1.29, 1.82) is 0 Å². The normalized spacial score (nSPS) is 18.7. The standard InChI is InChI=1S/C15H22N2O3.ClH/c1-11(9-16)15(18)17-12-4-2-5-13(8-12)20-10-14-6-3-7-19-14;/h2,4-5,8,11,14H,3,6-7,9-10,16H2,1H3,(H,17,18);1H. The fourth-order valence-electron chi connectivity index (χ4n) is 2.00. The topological polar surface area (TPSA) is 73.6 Å². The Hall–Kier alpha value is -1.30. The zero-order valence-electron chi connectivity index (χ0n) is 12.2. The quantitative estimate of drug-likeness (QED) is 0.844. The number of nitrogens with one attached hydrogen (secondary N) is 1. The van der Waals surface area contributed by atoms with Crippen LogP contribution in [0.2, 0.25) is 0 Å². The molecule has 2 atom stereocenters. The van der Waals surface area contributed by atoms with Gasteiger partial charge in [-0.1, -0.05) is 13.0 Å². The third-order valence-corrected chi connectivity index (χ3v) is 3.36. The van der Waals surface area contributed by atoms with Crippen LogP contribution in [0.3, 0.4) is 0 Å². The fourth-order valence-corrected chi connectivity index (χ4v) is 2.00. The lowest BCUT2D eigenvalue weighted by Gasteiger charge is -2.13. The molecule has 21 heavy (non-hydrogen) atoms. The van der Waals surface area contributed by atoms with Crippen molar-refractivity contribution in [2.24, 2.45) is 11.7 Å². The Morgan fingerprint density at radius 1 is 1.57 bits per heavy atom. The first-order valence-electron chi connectivity index (χ1n) is 7.04. The van der Waals surface area contributed by atoms with Crippen LogP contribution in [0.25, 0.3) is 0 Å². The lowest BCUT2D eigenvalue weighted by atomic mass is 10.1. The average molecular weight is 315 g/mol. The molecule has 1 heterocycles. The van der Waals surface area contributed by atoms with Gasteiger partial charge in [-0.05, 0) is 25.0 Å². The molecule has 0 aromatic heterocycles. The third-order valence-electron chi connectivity index (χ3n) is 3.36. The monoisotopic (exact) mass is 314 g/mol. The van der Waals surface area contributed by atoms with Gasteiger partial charge in [-0.3, -0.25) is 4.79 Å². The molecule has 5 nitrogen and oxygen atoms in total. The maximum Gasteiger partial charge on any atom is 0.228 e. The van der Waals surface area contributed by atoms with Crippen LogP contribution >= 0.6 is 12.4 Å². The maximum atomic E-state index is 11.8. The van der Waals surface area contributed by atoms with Crippen LogP contribution in [-0.4, -0.2) is 31.8 Å². The van der Waals surface area contributed by atoms with Crippen LogP contribution in [-0.2, 0) is 9.53 Å². The van der Waals surface area contributed by atoms with Crippen molar-refractivity contribution in [3.05, 3.63) is 24.3 Å². The van der Waals surface area contributed by atoms with E-state index < -0.39 is 0 Å². The fraction of sp³-hybridized carbons (Fsp3) is 0.533. The minimum absolute atomic E-state index is 0. The van der Waals surface area contributed by atoms with Gasteiger partial charge in [0, 0.05) is 30.8 Å². The molecule has 1 amide bonds. The molecule has 0 saturated carbocycles. The summed E-state index contributed by atoms with van der Waals surface area (Å²) < 4.78 is 11.2. The molecule has 1 aliphatic rings. The van der Waals surface area contributed by atoms with Crippen LogP contribution in [0.15, 0.2) is 24.3 Å². The molecule has 6 heteroatoms. The first kappa shape index (κ1) is 17.8. The van der Waals surface area contributed by atoms with Crippen molar-refractivity contribution in [3.8, 4) is 5.75 Å². The van der Waals surface area contributed by atoms with E-state index in [1.165, 1.54) is 0 Å². The summed E-state index contributed by atoms with van der Waals surface area (Å²) in [6, 6.07) is 7.38. The Balaban J connectivity index is 0.00000220. The summed E-state index contributed by atoms with van der Waals surface area (Å²) in [6.45, 7) is 3.51. The van der Waals surface area contributed by atoms with E-state index in [0.717, 1.165) is 30.9 Å². The first-order valence-corrected chi connectivity index (χ1v) is 7.04. The van der Waals surface area contributed by atoms with Crippen molar-refractivity contribution < 1.29 is 14.3 Å². The largest absolute Gasteiger partial charge is 0.491 e. The number of halogens is 1. The number of carbonyl (C=O) groups excluding carboxylic acids is 1. The molecule has 3 N–H and O–H groups in total. The molecule has 118 valence electrons. The first-order chi connectivity index (χ1) is 9.69. The van der Waals surface area contributed by atoms with Gasteiger partial charge in [-0.15, -0.1) is 12.4 Å². The van der Waals surface area contributed by atoms with E-state index in [-0.39, 0.29) is 30.3 Å². The SMILES string of the molecule is CC(CN)C(=O)Nc1cccc(OCC2CCCO2)c1.Cl. The Morgan fingerprint density at radius 2 is 2.38 bits per heavy atom. The Morgan fingerprint density at radius 3 is 3.05 bits per heavy atom. The van der Waals surface area contributed by atoms with E-state index in [2.05, 4.69) is 5.32 Å². The Bertz CT molecular complexity index is 450. The summed E-state index contributed by atoms with van der Waals surface area (Å²) in [5.41, 5.74) is 6.20. The molecule has 2 unspecified atom stereocenters. The number of anilines is 1. The number of hydrogen-bond donors (Lipinski definition) is 2. The van der Waals surface area contributed by atoms with Crippen LogP contribution in [0.4, 0.5) is 5.69 Å². The molecule has 1 saturated heterocycles. The Kier molecular flexibility index (Phi) is 7.50.